The van der Waals surface area contributed by atoms with Gasteiger partial charge in [0.1, 0.15) is 0 Å². The summed E-state index contributed by atoms with van der Waals surface area (Å²) in [5, 5.41) is 7.20. The van der Waals surface area contributed by atoms with Gasteiger partial charge in [-0.05, 0) is 57.6 Å². The number of hydrogen-bond donors (Lipinski definition) is 0. The van der Waals surface area contributed by atoms with E-state index in [9.17, 15) is 4.79 Å². The molecule has 0 amide bonds. The van der Waals surface area contributed by atoms with Crippen molar-refractivity contribution in [3.63, 3.8) is 0 Å². The fourth-order valence-electron chi connectivity index (χ4n) is 4.67. The van der Waals surface area contributed by atoms with Crippen LogP contribution in [0.5, 0.6) is 0 Å². The molecule has 2 aromatic heterocycles. The van der Waals surface area contributed by atoms with Gasteiger partial charge in [0, 0.05) is 23.7 Å². The number of hydrogen-bond acceptors (Lipinski definition) is 4. The number of para-hydroxylation sites is 1. The molecule has 1 atom stereocenters. The van der Waals surface area contributed by atoms with E-state index in [0.29, 0.717) is 16.4 Å². The van der Waals surface area contributed by atoms with E-state index in [1.54, 1.807) is 4.68 Å². The molecule has 0 N–H and O–H groups in total. The second-order valence-corrected chi connectivity index (χ2v) is 10.3. The van der Waals surface area contributed by atoms with Gasteiger partial charge in [-0.3, -0.25) is 9.48 Å². The molecule has 0 bridgehead atoms. The summed E-state index contributed by atoms with van der Waals surface area (Å²) >= 11 is 1.52. The number of benzene rings is 2. The summed E-state index contributed by atoms with van der Waals surface area (Å²) in [5.74, 6) is 0.638. The Bertz CT molecular complexity index is 1500. The number of rotatable bonds is 4. The van der Waals surface area contributed by atoms with Crippen LogP contribution >= 0.6 is 11.3 Å². The van der Waals surface area contributed by atoms with Gasteiger partial charge in [0.15, 0.2) is 5.69 Å². The minimum absolute atomic E-state index is 0.132. The van der Waals surface area contributed by atoms with Crippen molar-refractivity contribution in [2.24, 2.45) is 23.1 Å². The number of nitrogens with zero attached hydrogens (tertiary/aromatic N) is 5. The Balaban J connectivity index is 1.70. The minimum Gasteiger partial charge on any atom is -0.283 e. The Morgan fingerprint density at radius 3 is 2.49 bits per heavy atom. The summed E-state index contributed by atoms with van der Waals surface area (Å²) < 4.78 is 5.48. The van der Waals surface area contributed by atoms with E-state index in [1.807, 2.05) is 53.7 Å². The Hall–Kier alpha value is -3.45. The maximum Gasteiger partial charge on any atom is 0.297 e. The molecule has 35 heavy (non-hydrogen) atoms. The van der Waals surface area contributed by atoms with Gasteiger partial charge in [-0.2, -0.15) is 5.10 Å². The van der Waals surface area contributed by atoms with E-state index in [4.69, 9.17) is 10.1 Å². The van der Waals surface area contributed by atoms with Gasteiger partial charge >= 0.3 is 0 Å². The fraction of sp³-hybridized carbons (Fsp3) is 0.321. The van der Waals surface area contributed by atoms with Crippen LogP contribution in [0.4, 0.5) is 5.69 Å². The largest absolute Gasteiger partial charge is 0.297 e. The highest BCUT2D eigenvalue weighted by molar-refractivity contribution is 7.07. The monoisotopic (exact) mass is 485 g/mol. The van der Waals surface area contributed by atoms with Gasteiger partial charge in [0.05, 0.1) is 17.1 Å². The predicted octanol–water partition coefficient (Wildman–Crippen LogP) is 5.97. The van der Waals surface area contributed by atoms with Crippen molar-refractivity contribution >= 4 is 22.7 Å². The third-order valence-corrected chi connectivity index (χ3v) is 7.57. The molecule has 0 spiro atoms. The minimum atomic E-state index is -0.132. The van der Waals surface area contributed by atoms with Crippen molar-refractivity contribution in [2.75, 3.05) is 0 Å². The van der Waals surface area contributed by atoms with Crippen LogP contribution in [0.1, 0.15) is 43.9 Å². The summed E-state index contributed by atoms with van der Waals surface area (Å²) in [4.78, 5) is 19.1. The van der Waals surface area contributed by atoms with Crippen LogP contribution in [0.2, 0.25) is 0 Å². The molecule has 1 saturated carbocycles. The predicted molar refractivity (Wildman–Crippen MR) is 144 cm³/mol. The van der Waals surface area contributed by atoms with Gasteiger partial charge < -0.3 is 0 Å². The molecule has 2 heterocycles. The molecule has 0 radical (unpaired) electrons. The van der Waals surface area contributed by atoms with Gasteiger partial charge in [-0.1, -0.05) is 55.0 Å². The van der Waals surface area contributed by atoms with Gasteiger partial charge in [0.2, 0.25) is 4.80 Å². The summed E-state index contributed by atoms with van der Waals surface area (Å²) in [7, 11) is 1.90. The molecule has 7 heteroatoms. The number of aromatic nitrogens is 3. The lowest BCUT2D eigenvalue weighted by Gasteiger charge is -2.19. The fourth-order valence-corrected chi connectivity index (χ4v) is 5.50. The van der Waals surface area contributed by atoms with E-state index < -0.39 is 0 Å². The zero-order chi connectivity index (χ0) is 24.5. The second-order valence-electron chi connectivity index (χ2n) is 9.47. The summed E-state index contributed by atoms with van der Waals surface area (Å²) in [6, 6.07) is 18.2. The van der Waals surface area contributed by atoms with Gasteiger partial charge in [0.25, 0.3) is 5.56 Å². The average molecular weight is 486 g/mol. The Labute approximate surface area is 209 Å². The van der Waals surface area contributed by atoms with Crippen molar-refractivity contribution in [1.82, 2.24) is 14.0 Å². The standard InChI is InChI=1S/C28H31N5OS/c1-19-13-15-22(16-14-19)25-18-35-28(32(25)30-23-10-8-9-20(2)17-23)29-26-21(3)31(4)33(27(26)34)24-11-6-5-7-12-24/h5-7,11-16,18,20H,8-10,17H2,1-4H3. The van der Waals surface area contributed by atoms with E-state index in [0.717, 1.165) is 41.9 Å². The lowest BCUT2D eigenvalue weighted by molar-refractivity contribution is 0.497. The lowest BCUT2D eigenvalue weighted by atomic mass is 9.89. The first-order chi connectivity index (χ1) is 16.9. The van der Waals surface area contributed by atoms with Crippen molar-refractivity contribution < 1.29 is 0 Å². The lowest BCUT2D eigenvalue weighted by Crippen LogP contribution is -2.20. The molecular formula is C28H31N5OS. The van der Waals surface area contributed by atoms with Crippen LogP contribution < -0.4 is 10.4 Å². The quantitative estimate of drug-likeness (QED) is 0.351. The van der Waals surface area contributed by atoms with Crippen LogP contribution in [0.25, 0.3) is 16.9 Å². The smallest absolute Gasteiger partial charge is 0.283 e. The SMILES string of the molecule is Cc1ccc(-c2csc(=Nc3c(C)n(C)n(-c4ccccc4)c3=O)n2N=C2CCCC(C)C2)cc1. The molecule has 1 fully saturated rings. The first-order valence-corrected chi connectivity index (χ1v) is 13.0. The Morgan fingerprint density at radius 2 is 1.77 bits per heavy atom. The molecule has 4 aromatic rings. The zero-order valence-corrected chi connectivity index (χ0v) is 21.5. The molecule has 5 rings (SSSR count). The number of thiazole rings is 1. The molecule has 0 aliphatic heterocycles. The van der Waals surface area contributed by atoms with Crippen LogP contribution in [-0.2, 0) is 7.05 Å². The molecule has 2 aromatic carbocycles. The van der Waals surface area contributed by atoms with Crippen molar-refractivity contribution in [2.45, 2.75) is 46.5 Å². The molecule has 0 saturated heterocycles. The highest BCUT2D eigenvalue weighted by Crippen LogP contribution is 2.25. The van der Waals surface area contributed by atoms with Crippen molar-refractivity contribution in [3.8, 4) is 16.9 Å². The average Bonchev–Trinajstić information content (AvgIpc) is 3.34. The molecule has 1 aliphatic rings. The third kappa shape index (κ3) is 4.60. The molecule has 180 valence electrons. The maximum absolute atomic E-state index is 13.5. The van der Waals surface area contributed by atoms with E-state index in [2.05, 4.69) is 43.5 Å². The maximum atomic E-state index is 13.5. The first kappa shape index (κ1) is 23.3. The van der Waals surface area contributed by atoms with E-state index in [-0.39, 0.29) is 5.56 Å². The summed E-state index contributed by atoms with van der Waals surface area (Å²) in [6.45, 7) is 6.32. The zero-order valence-electron chi connectivity index (χ0n) is 20.7. The van der Waals surface area contributed by atoms with Crippen molar-refractivity contribution in [3.05, 3.63) is 86.4 Å². The van der Waals surface area contributed by atoms with Gasteiger partial charge in [-0.15, -0.1) is 11.3 Å². The second kappa shape index (κ2) is 9.66. The molecular weight excluding hydrogens is 454 g/mol. The summed E-state index contributed by atoms with van der Waals surface area (Å²) in [6.07, 6.45) is 4.42. The highest BCUT2D eigenvalue weighted by Gasteiger charge is 2.18. The van der Waals surface area contributed by atoms with E-state index >= 15 is 0 Å². The Kier molecular flexibility index (Phi) is 6.43. The summed E-state index contributed by atoms with van der Waals surface area (Å²) in [5.41, 5.74) is 6.45. The van der Waals surface area contributed by atoms with Crippen molar-refractivity contribution in [1.29, 1.82) is 0 Å². The third-order valence-electron chi connectivity index (χ3n) is 6.75. The first-order valence-electron chi connectivity index (χ1n) is 12.2. The normalized spacial score (nSPS) is 17.9. The number of aryl methyl sites for hydroxylation is 1. The molecule has 1 aliphatic carbocycles. The van der Waals surface area contributed by atoms with Crippen LogP contribution in [0.3, 0.4) is 0 Å². The molecule has 1 unspecified atom stereocenters. The van der Waals surface area contributed by atoms with Crippen LogP contribution in [0.15, 0.2) is 74.9 Å². The highest BCUT2D eigenvalue weighted by atomic mass is 32.1. The van der Waals surface area contributed by atoms with Gasteiger partial charge in [-0.25, -0.2) is 14.4 Å². The topological polar surface area (TPSA) is 56.6 Å². The Morgan fingerprint density at radius 1 is 1.03 bits per heavy atom. The van der Waals surface area contributed by atoms with Crippen LogP contribution in [-0.4, -0.2) is 19.8 Å². The van der Waals surface area contributed by atoms with E-state index in [1.165, 1.54) is 29.0 Å². The van der Waals surface area contributed by atoms with Crippen LogP contribution in [0, 0.1) is 19.8 Å². The molecule has 6 nitrogen and oxygen atoms in total.